The predicted molar refractivity (Wildman–Crippen MR) is 56.6 cm³/mol. The molecule has 0 radical (unpaired) electrons. The molecule has 0 spiro atoms. The van der Waals surface area contributed by atoms with Crippen molar-refractivity contribution in [3.8, 4) is 0 Å². The third-order valence-corrected chi connectivity index (χ3v) is 1.98. The zero-order chi connectivity index (χ0) is 11.5. The van der Waals surface area contributed by atoms with Crippen LogP contribution < -0.4 is 5.73 Å². The van der Waals surface area contributed by atoms with Crippen LogP contribution in [0, 0.1) is 10.1 Å². The average Bonchev–Trinajstić information content (AvgIpc) is 2.66. The highest BCUT2D eigenvalue weighted by atomic mass is 16.6. The lowest BCUT2D eigenvalue weighted by Crippen LogP contribution is -2.03. The Hall–Kier alpha value is -2.44. The number of aromatic nitrogens is 3. The quantitative estimate of drug-likeness (QED) is 0.608. The van der Waals surface area contributed by atoms with Gasteiger partial charge in [-0.2, -0.15) is 4.68 Å². The summed E-state index contributed by atoms with van der Waals surface area (Å²) in [4.78, 5) is 14.0. The molecule has 0 aromatic carbocycles. The van der Waals surface area contributed by atoms with Crippen molar-refractivity contribution in [2.75, 3.05) is 5.73 Å². The van der Waals surface area contributed by atoms with Crippen molar-refractivity contribution in [2.45, 2.75) is 6.54 Å². The molecule has 2 rings (SSSR count). The lowest BCUT2D eigenvalue weighted by Gasteiger charge is -1.98. The largest absolute Gasteiger partial charge is 0.399 e. The molecular weight excluding hydrogens is 210 g/mol. The van der Waals surface area contributed by atoms with Crippen molar-refractivity contribution in [3.63, 3.8) is 0 Å². The number of anilines is 1. The first kappa shape index (κ1) is 10.1. The highest BCUT2D eigenvalue weighted by Crippen LogP contribution is 2.08. The maximum atomic E-state index is 10.4. The molecule has 0 saturated carbocycles. The Kier molecular flexibility index (Phi) is 2.50. The van der Waals surface area contributed by atoms with Crippen LogP contribution in [0.25, 0.3) is 0 Å². The second kappa shape index (κ2) is 3.97. The van der Waals surface area contributed by atoms with Crippen molar-refractivity contribution >= 4 is 11.5 Å². The molecule has 2 aromatic rings. The Morgan fingerprint density at radius 3 is 2.94 bits per heavy atom. The molecule has 0 aliphatic carbocycles. The van der Waals surface area contributed by atoms with E-state index in [0.717, 1.165) is 0 Å². The number of hydrogen-bond donors (Lipinski definition) is 1. The first-order chi connectivity index (χ1) is 7.65. The summed E-state index contributed by atoms with van der Waals surface area (Å²) in [6, 6.07) is 4.72. The van der Waals surface area contributed by atoms with Crippen molar-refractivity contribution in [1.82, 2.24) is 14.8 Å². The van der Waals surface area contributed by atoms with E-state index in [0.29, 0.717) is 17.9 Å². The monoisotopic (exact) mass is 219 g/mol. The molecule has 0 fully saturated rings. The minimum Gasteiger partial charge on any atom is -0.399 e. The molecule has 0 saturated heterocycles. The molecule has 0 aliphatic rings. The Balaban J connectivity index is 2.17. The Bertz CT molecular complexity index is 522. The van der Waals surface area contributed by atoms with Gasteiger partial charge in [0.1, 0.15) is 6.54 Å². The molecule has 0 unspecified atom stereocenters. The van der Waals surface area contributed by atoms with Crippen LogP contribution in [0.2, 0.25) is 0 Å². The predicted octanol–water partition coefficient (Wildman–Crippen LogP) is 0.817. The van der Waals surface area contributed by atoms with E-state index in [2.05, 4.69) is 10.1 Å². The maximum absolute atomic E-state index is 10.4. The van der Waals surface area contributed by atoms with E-state index >= 15 is 0 Å². The van der Waals surface area contributed by atoms with Gasteiger partial charge in [0, 0.05) is 11.9 Å². The average molecular weight is 219 g/mol. The summed E-state index contributed by atoms with van der Waals surface area (Å²) >= 11 is 0. The van der Waals surface area contributed by atoms with Gasteiger partial charge < -0.3 is 15.8 Å². The fraction of sp³-hybridized carbons (Fsp3) is 0.111. The molecule has 0 bridgehead atoms. The molecule has 0 aliphatic heterocycles. The molecule has 7 heteroatoms. The number of hydrogen-bond acceptors (Lipinski definition) is 5. The standard InChI is InChI=1S/C9H9N5O2/c10-7-1-3-11-8(5-7)6-13-4-2-9(12-13)14(15)16/h1-5H,6H2,(H2,10,11). The Labute approximate surface area is 90.7 Å². The number of nitrogens with two attached hydrogens (primary N) is 1. The Morgan fingerprint density at radius 1 is 1.50 bits per heavy atom. The first-order valence-corrected chi connectivity index (χ1v) is 4.53. The van der Waals surface area contributed by atoms with Gasteiger partial charge in [0.25, 0.3) is 0 Å². The van der Waals surface area contributed by atoms with Crippen LogP contribution in [-0.4, -0.2) is 19.7 Å². The van der Waals surface area contributed by atoms with Gasteiger partial charge in [0.05, 0.1) is 23.1 Å². The van der Waals surface area contributed by atoms with Gasteiger partial charge in [-0.15, -0.1) is 0 Å². The fourth-order valence-corrected chi connectivity index (χ4v) is 1.29. The van der Waals surface area contributed by atoms with Crippen molar-refractivity contribution in [3.05, 3.63) is 46.4 Å². The van der Waals surface area contributed by atoms with Gasteiger partial charge in [-0.3, -0.25) is 4.98 Å². The van der Waals surface area contributed by atoms with E-state index in [1.54, 1.807) is 18.3 Å². The second-order valence-electron chi connectivity index (χ2n) is 3.21. The summed E-state index contributed by atoms with van der Waals surface area (Å²) in [5.41, 5.74) is 6.90. The summed E-state index contributed by atoms with van der Waals surface area (Å²) in [5.74, 6) is -0.177. The molecule has 2 N–H and O–H groups in total. The zero-order valence-electron chi connectivity index (χ0n) is 8.28. The minimum atomic E-state index is -0.538. The molecule has 82 valence electrons. The molecule has 0 atom stereocenters. The molecule has 2 aromatic heterocycles. The highest BCUT2D eigenvalue weighted by Gasteiger charge is 2.11. The normalized spacial score (nSPS) is 10.2. The molecule has 7 nitrogen and oxygen atoms in total. The van der Waals surface area contributed by atoms with Crippen LogP contribution in [0.5, 0.6) is 0 Å². The van der Waals surface area contributed by atoms with Gasteiger partial charge in [-0.05, 0) is 17.1 Å². The highest BCUT2D eigenvalue weighted by molar-refractivity contribution is 5.37. The smallest absolute Gasteiger partial charge is 0.389 e. The lowest BCUT2D eigenvalue weighted by atomic mass is 10.3. The van der Waals surface area contributed by atoms with E-state index in [4.69, 9.17) is 5.73 Å². The van der Waals surface area contributed by atoms with Crippen LogP contribution in [-0.2, 0) is 6.54 Å². The number of pyridine rings is 1. The molecule has 2 heterocycles. The number of rotatable bonds is 3. The summed E-state index contributed by atoms with van der Waals surface area (Å²) < 4.78 is 1.44. The van der Waals surface area contributed by atoms with Crippen LogP contribution in [0.3, 0.4) is 0 Å². The lowest BCUT2D eigenvalue weighted by molar-refractivity contribution is -0.389. The molecule has 16 heavy (non-hydrogen) atoms. The van der Waals surface area contributed by atoms with Crippen LogP contribution in [0.1, 0.15) is 5.69 Å². The first-order valence-electron chi connectivity index (χ1n) is 4.53. The minimum absolute atomic E-state index is 0.177. The topological polar surface area (TPSA) is 99.9 Å². The van der Waals surface area contributed by atoms with Gasteiger partial charge in [0.2, 0.25) is 0 Å². The number of nitrogens with zero attached hydrogens (tertiary/aromatic N) is 4. The van der Waals surface area contributed by atoms with Gasteiger partial charge in [0.15, 0.2) is 0 Å². The summed E-state index contributed by atoms with van der Waals surface area (Å²) in [6.45, 7) is 0.360. The van der Waals surface area contributed by atoms with Gasteiger partial charge in [-0.1, -0.05) is 0 Å². The van der Waals surface area contributed by atoms with Crippen LogP contribution >= 0.6 is 0 Å². The van der Waals surface area contributed by atoms with Gasteiger partial charge >= 0.3 is 5.82 Å². The van der Waals surface area contributed by atoms with Crippen LogP contribution in [0.4, 0.5) is 11.5 Å². The van der Waals surface area contributed by atoms with E-state index < -0.39 is 4.92 Å². The van der Waals surface area contributed by atoms with E-state index in [1.165, 1.54) is 16.9 Å². The second-order valence-corrected chi connectivity index (χ2v) is 3.21. The van der Waals surface area contributed by atoms with Gasteiger partial charge in [-0.25, -0.2) is 0 Å². The zero-order valence-corrected chi connectivity index (χ0v) is 8.28. The number of nitro groups is 1. The summed E-state index contributed by atoms with van der Waals surface area (Å²) in [7, 11) is 0. The van der Waals surface area contributed by atoms with E-state index in [9.17, 15) is 10.1 Å². The SMILES string of the molecule is Nc1ccnc(Cn2ccc([N+](=O)[O-])n2)c1. The third-order valence-electron chi connectivity index (χ3n) is 1.98. The summed E-state index contributed by atoms with van der Waals surface area (Å²) in [6.07, 6.45) is 3.12. The van der Waals surface area contributed by atoms with Crippen molar-refractivity contribution < 1.29 is 4.92 Å². The third kappa shape index (κ3) is 2.14. The van der Waals surface area contributed by atoms with Crippen molar-refractivity contribution in [1.29, 1.82) is 0 Å². The molecular formula is C9H9N5O2. The van der Waals surface area contributed by atoms with E-state index in [1.807, 2.05) is 0 Å². The van der Waals surface area contributed by atoms with Crippen LogP contribution in [0.15, 0.2) is 30.6 Å². The van der Waals surface area contributed by atoms with E-state index in [-0.39, 0.29) is 5.82 Å². The maximum Gasteiger partial charge on any atom is 0.389 e. The fourth-order valence-electron chi connectivity index (χ4n) is 1.29. The molecule has 0 amide bonds. The van der Waals surface area contributed by atoms with Crippen molar-refractivity contribution in [2.24, 2.45) is 0 Å². The Morgan fingerprint density at radius 2 is 2.31 bits per heavy atom. The summed E-state index contributed by atoms with van der Waals surface area (Å²) in [5, 5.41) is 14.2. The number of nitrogen functional groups attached to an aromatic ring is 1.